The monoisotopic (exact) mass is 313 g/mol. The van der Waals surface area contributed by atoms with E-state index >= 15 is 0 Å². The Hall–Kier alpha value is -0.730. The maximum absolute atomic E-state index is 6.19. The van der Waals surface area contributed by atoms with Gasteiger partial charge in [-0.15, -0.1) is 0 Å². The van der Waals surface area contributed by atoms with Gasteiger partial charge in [-0.05, 0) is 53.6 Å². The first-order chi connectivity index (χ1) is 9.10. The van der Waals surface area contributed by atoms with Crippen molar-refractivity contribution >= 4 is 34.8 Å². The zero-order valence-electron chi connectivity index (χ0n) is 10.5. The largest absolute Gasteiger partial charge is 0.313 e. The first kappa shape index (κ1) is 14.7. The lowest BCUT2D eigenvalue weighted by molar-refractivity contribution is 0.727. The van der Waals surface area contributed by atoms with Crippen LogP contribution < -0.4 is 5.32 Å². The molecule has 0 bridgehead atoms. The highest BCUT2D eigenvalue weighted by Gasteiger charge is 2.05. The molecule has 2 aromatic rings. The van der Waals surface area contributed by atoms with Gasteiger partial charge in [0.2, 0.25) is 0 Å². The molecular formula is C15H14Cl3N. The first-order valence-electron chi connectivity index (χ1n) is 6.05. The van der Waals surface area contributed by atoms with Crippen molar-refractivity contribution in [2.75, 3.05) is 6.54 Å². The summed E-state index contributed by atoms with van der Waals surface area (Å²) in [6, 6.07) is 11.5. The molecular weight excluding hydrogens is 301 g/mol. The van der Waals surface area contributed by atoms with E-state index in [1.807, 2.05) is 24.3 Å². The van der Waals surface area contributed by atoms with Crippen molar-refractivity contribution in [3.8, 4) is 11.1 Å². The van der Waals surface area contributed by atoms with Gasteiger partial charge >= 0.3 is 0 Å². The third-order valence-electron chi connectivity index (χ3n) is 2.81. The third-order valence-corrected chi connectivity index (χ3v) is 3.61. The number of hydrogen-bond donors (Lipinski definition) is 1. The Labute approximate surface area is 128 Å². The highest BCUT2D eigenvalue weighted by molar-refractivity contribution is 6.35. The second-order valence-corrected chi connectivity index (χ2v) is 5.52. The lowest BCUT2D eigenvalue weighted by Crippen LogP contribution is -2.12. The van der Waals surface area contributed by atoms with Crippen molar-refractivity contribution in [3.05, 3.63) is 57.0 Å². The molecule has 0 amide bonds. The summed E-state index contributed by atoms with van der Waals surface area (Å²) >= 11 is 18.3. The molecule has 0 heterocycles. The van der Waals surface area contributed by atoms with Crippen LogP contribution in [0.3, 0.4) is 0 Å². The lowest BCUT2D eigenvalue weighted by Gasteiger charge is -2.09. The summed E-state index contributed by atoms with van der Waals surface area (Å²) in [4.78, 5) is 0. The highest BCUT2D eigenvalue weighted by Crippen LogP contribution is 2.29. The van der Waals surface area contributed by atoms with Gasteiger partial charge in [0, 0.05) is 21.6 Å². The van der Waals surface area contributed by atoms with Crippen LogP contribution in [0.5, 0.6) is 0 Å². The molecule has 0 radical (unpaired) electrons. The molecule has 0 aliphatic heterocycles. The molecule has 4 heteroatoms. The molecule has 100 valence electrons. The predicted octanol–water partition coefficient (Wildman–Crippen LogP) is 5.42. The van der Waals surface area contributed by atoms with Crippen LogP contribution in [0, 0.1) is 0 Å². The molecule has 2 aromatic carbocycles. The van der Waals surface area contributed by atoms with Crippen LogP contribution in [0.4, 0.5) is 0 Å². The van der Waals surface area contributed by atoms with E-state index in [0.717, 1.165) is 34.8 Å². The average Bonchev–Trinajstić information content (AvgIpc) is 2.36. The summed E-state index contributed by atoms with van der Waals surface area (Å²) < 4.78 is 0. The maximum Gasteiger partial charge on any atom is 0.0451 e. The minimum absolute atomic E-state index is 0.630. The van der Waals surface area contributed by atoms with Crippen molar-refractivity contribution < 1.29 is 0 Å². The normalized spacial score (nSPS) is 10.7. The molecule has 0 aliphatic rings. The van der Waals surface area contributed by atoms with Crippen LogP contribution in [-0.4, -0.2) is 6.54 Å². The number of hydrogen-bond acceptors (Lipinski definition) is 1. The van der Waals surface area contributed by atoms with Crippen molar-refractivity contribution in [2.24, 2.45) is 0 Å². The fourth-order valence-electron chi connectivity index (χ4n) is 1.87. The van der Waals surface area contributed by atoms with Gasteiger partial charge in [-0.3, -0.25) is 0 Å². The smallest absolute Gasteiger partial charge is 0.0451 e. The Morgan fingerprint density at radius 2 is 1.58 bits per heavy atom. The summed E-state index contributed by atoms with van der Waals surface area (Å²) in [5.74, 6) is 0. The third kappa shape index (κ3) is 3.87. The molecule has 1 nitrogen and oxygen atoms in total. The first-order valence-corrected chi connectivity index (χ1v) is 7.19. The zero-order chi connectivity index (χ0) is 13.8. The summed E-state index contributed by atoms with van der Waals surface area (Å²) in [6.45, 7) is 3.72. The van der Waals surface area contributed by atoms with E-state index in [1.165, 1.54) is 0 Å². The Balaban J connectivity index is 2.39. The van der Waals surface area contributed by atoms with E-state index in [4.69, 9.17) is 34.8 Å². The van der Waals surface area contributed by atoms with Gasteiger partial charge in [0.25, 0.3) is 0 Å². The topological polar surface area (TPSA) is 12.0 Å². The van der Waals surface area contributed by atoms with Crippen LogP contribution in [0.2, 0.25) is 15.1 Å². The van der Waals surface area contributed by atoms with Gasteiger partial charge < -0.3 is 5.32 Å². The molecule has 0 atom stereocenters. The standard InChI is InChI=1S/C15H14Cl3N/c1-2-19-9-12-5-10(3-4-15(12)18)11-6-13(16)8-14(17)7-11/h3-8,19H,2,9H2,1H3. The molecule has 0 fully saturated rings. The van der Waals surface area contributed by atoms with Gasteiger partial charge in [-0.1, -0.05) is 47.8 Å². The predicted molar refractivity (Wildman–Crippen MR) is 84.3 cm³/mol. The molecule has 0 saturated carbocycles. The van der Waals surface area contributed by atoms with Gasteiger partial charge in [0.05, 0.1) is 0 Å². The molecule has 19 heavy (non-hydrogen) atoms. The van der Waals surface area contributed by atoms with Crippen molar-refractivity contribution in [1.29, 1.82) is 0 Å². The molecule has 0 aromatic heterocycles. The van der Waals surface area contributed by atoms with Crippen LogP contribution in [0.25, 0.3) is 11.1 Å². The van der Waals surface area contributed by atoms with Crippen molar-refractivity contribution in [3.63, 3.8) is 0 Å². The van der Waals surface area contributed by atoms with Gasteiger partial charge in [-0.25, -0.2) is 0 Å². The van der Waals surface area contributed by atoms with E-state index in [9.17, 15) is 0 Å². The Morgan fingerprint density at radius 3 is 2.21 bits per heavy atom. The molecule has 1 N–H and O–H groups in total. The summed E-state index contributed by atoms with van der Waals surface area (Å²) in [7, 11) is 0. The number of benzene rings is 2. The minimum Gasteiger partial charge on any atom is -0.313 e. The van der Waals surface area contributed by atoms with Gasteiger partial charge in [0.15, 0.2) is 0 Å². The summed E-state index contributed by atoms with van der Waals surface area (Å²) in [6.07, 6.45) is 0. The van der Waals surface area contributed by atoms with Crippen LogP contribution in [0.1, 0.15) is 12.5 Å². The second kappa shape index (κ2) is 6.62. The van der Waals surface area contributed by atoms with E-state index < -0.39 is 0 Å². The molecule has 0 saturated heterocycles. The van der Waals surface area contributed by atoms with Crippen molar-refractivity contribution in [2.45, 2.75) is 13.5 Å². The summed E-state index contributed by atoms with van der Waals surface area (Å²) in [5.41, 5.74) is 3.12. The van der Waals surface area contributed by atoms with E-state index in [0.29, 0.717) is 10.0 Å². The van der Waals surface area contributed by atoms with E-state index in [2.05, 4.69) is 18.3 Å². The SMILES string of the molecule is CCNCc1cc(-c2cc(Cl)cc(Cl)c2)ccc1Cl. The van der Waals surface area contributed by atoms with E-state index in [-0.39, 0.29) is 0 Å². The number of halogens is 3. The fourth-order valence-corrected chi connectivity index (χ4v) is 2.58. The quantitative estimate of drug-likeness (QED) is 0.794. The lowest BCUT2D eigenvalue weighted by atomic mass is 10.0. The fraction of sp³-hybridized carbons (Fsp3) is 0.200. The van der Waals surface area contributed by atoms with Crippen LogP contribution in [-0.2, 0) is 6.54 Å². The van der Waals surface area contributed by atoms with Gasteiger partial charge in [-0.2, -0.15) is 0 Å². The number of rotatable bonds is 4. The highest BCUT2D eigenvalue weighted by atomic mass is 35.5. The molecule has 0 aliphatic carbocycles. The Morgan fingerprint density at radius 1 is 0.895 bits per heavy atom. The molecule has 2 rings (SSSR count). The maximum atomic E-state index is 6.19. The van der Waals surface area contributed by atoms with Gasteiger partial charge in [0.1, 0.15) is 0 Å². The average molecular weight is 315 g/mol. The number of nitrogens with one attached hydrogen (secondary N) is 1. The molecule has 0 unspecified atom stereocenters. The minimum atomic E-state index is 0.630. The molecule has 0 spiro atoms. The summed E-state index contributed by atoms with van der Waals surface area (Å²) in [5, 5.41) is 5.29. The second-order valence-electron chi connectivity index (χ2n) is 4.24. The van der Waals surface area contributed by atoms with E-state index in [1.54, 1.807) is 6.07 Å². The Bertz CT molecular complexity index is 561. The zero-order valence-corrected chi connectivity index (χ0v) is 12.8. The van der Waals surface area contributed by atoms with Crippen molar-refractivity contribution in [1.82, 2.24) is 5.32 Å². The Kier molecular flexibility index (Phi) is 5.12. The van der Waals surface area contributed by atoms with Crippen LogP contribution >= 0.6 is 34.8 Å². The van der Waals surface area contributed by atoms with Crippen LogP contribution in [0.15, 0.2) is 36.4 Å².